The lowest BCUT2D eigenvalue weighted by molar-refractivity contribution is 0.0677. The second-order valence-electron chi connectivity index (χ2n) is 6.42. The number of ether oxygens (including phenoxy) is 1. The van der Waals surface area contributed by atoms with Crippen molar-refractivity contribution in [3.05, 3.63) is 52.5 Å². The number of guanidine groups is 1. The van der Waals surface area contributed by atoms with E-state index in [-0.39, 0.29) is 36.3 Å². The molecule has 0 fully saturated rings. The van der Waals surface area contributed by atoms with Gasteiger partial charge in [-0.1, -0.05) is 0 Å². The molecule has 0 radical (unpaired) electrons. The largest absolute Gasteiger partial charge is 0.494 e. The summed E-state index contributed by atoms with van der Waals surface area (Å²) >= 11 is 1.56. The first-order valence-corrected chi connectivity index (χ1v) is 10.1. The maximum atomic E-state index is 12.8. The molecule has 0 spiro atoms. The lowest BCUT2D eigenvalue weighted by atomic mass is 10.00. The van der Waals surface area contributed by atoms with Crippen LogP contribution in [0.4, 0.5) is 4.39 Å². The standard InChI is InChI=1S/C20H28FN3O2S.HI/c1-3-22-19(24-15-20(2,25)16-10-13-27-14-16)23-11-4-5-12-26-18-8-6-17(21)7-9-18;/h6-10,13-14,25H,3-5,11-12,15H2,1-2H3,(H2,22,23,24);1H. The molecule has 0 bridgehead atoms. The van der Waals surface area contributed by atoms with Gasteiger partial charge in [0.15, 0.2) is 5.96 Å². The predicted molar refractivity (Wildman–Crippen MR) is 124 cm³/mol. The SMILES string of the molecule is CCNC(=NCC(C)(O)c1ccsc1)NCCCCOc1ccc(F)cc1.I. The van der Waals surface area contributed by atoms with E-state index in [9.17, 15) is 9.50 Å². The quantitative estimate of drug-likeness (QED) is 0.191. The van der Waals surface area contributed by atoms with Crippen molar-refractivity contribution < 1.29 is 14.2 Å². The molecule has 8 heteroatoms. The molecule has 28 heavy (non-hydrogen) atoms. The van der Waals surface area contributed by atoms with Gasteiger partial charge in [-0.05, 0) is 73.3 Å². The van der Waals surface area contributed by atoms with E-state index in [1.165, 1.54) is 12.1 Å². The van der Waals surface area contributed by atoms with Crippen LogP contribution in [-0.2, 0) is 5.60 Å². The number of nitrogens with zero attached hydrogens (tertiary/aromatic N) is 1. The van der Waals surface area contributed by atoms with Crippen LogP contribution in [0.5, 0.6) is 5.75 Å². The molecule has 0 aliphatic heterocycles. The summed E-state index contributed by atoms with van der Waals surface area (Å²) in [7, 11) is 0. The van der Waals surface area contributed by atoms with E-state index in [4.69, 9.17) is 4.74 Å². The Morgan fingerprint density at radius 3 is 2.61 bits per heavy atom. The first-order chi connectivity index (χ1) is 13.0. The van der Waals surface area contributed by atoms with Gasteiger partial charge >= 0.3 is 0 Å². The van der Waals surface area contributed by atoms with Crippen LogP contribution >= 0.6 is 35.3 Å². The van der Waals surface area contributed by atoms with Gasteiger partial charge in [0, 0.05) is 13.1 Å². The van der Waals surface area contributed by atoms with Crippen molar-refractivity contribution in [2.45, 2.75) is 32.3 Å². The maximum Gasteiger partial charge on any atom is 0.191 e. The van der Waals surface area contributed by atoms with Crippen molar-refractivity contribution in [2.24, 2.45) is 4.99 Å². The summed E-state index contributed by atoms with van der Waals surface area (Å²) in [4.78, 5) is 4.50. The molecular formula is C20H29FIN3O2S. The molecule has 5 nitrogen and oxygen atoms in total. The number of nitrogens with one attached hydrogen (secondary N) is 2. The highest BCUT2D eigenvalue weighted by Gasteiger charge is 2.23. The Bertz CT molecular complexity index is 694. The predicted octanol–water partition coefficient (Wildman–Crippen LogP) is 4.13. The molecule has 1 aromatic carbocycles. The van der Waals surface area contributed by atoms with Gasteiger partial charge in [0.1, 0.15) is 17.2 Å². The smallest absolute Gasteiger partial charge is 0.191 e. The van der Waals surface area contributed by atoms with E-state index in [0.29, 0.717) is 18.3 Å². The fraction of sp³-hybridized carbons (Fsp3) is 0.450. The van der Waals surface area contributed by atoms with Gasteiger partial charge in [-0.3, -0.25) is 0 Å². The molecule has 0 amide bonds. The van der Waals surface area contributed by atoms with E-state index in [0.717, 1.165) is 31.5 Å². The molecule has 1 heterocycles. The molecule has 156 valence electrons. The number of benzene rings is 1. The minimum atomic E-state index is -0.981. The average molecular weight is 521 g/mol. The van der Waals surface area contributed by atoms with Crippen molar-refractivity contribution in [3.63, 3.8) is 0 Å². The summed E-state index contributed by atoms with van der Waals surface area (Å²) in [6, 6.07) is 7.95. The molecular weight excluding hydrogens is 492 g/mol. The molecule has 0 saturated carbocycles. The second kappa shape index (κ2) is 12.9. The van der Waals surface area contributed by atoms with E-state index in [2.05, 4.69) is 15.6 Å². The van der Waals surface area contributed by atoms with Crippen LogP contribution in [0.15, 0.2) is 46.1 Å². The number of thiophene rings is 1. The third kappa shape index (κ3) is 8.74. The molecule has 1 unspecified atom stereocenters. The molecule has 2 aromatic rings. The van der Waals surface area contributed by atoms with Gasteiger partial charge in [-0.2, -0.15) is 11.3 Å². The Hall–Kier alpha value is -1.39. The molecule has 2 rings (SSSR count). The van der Waals surface area contributed by atoms with Crippen molar-refractivity contribution >= 4 is 41.3 Å². The van der Waals surface area contributed by atoms with Gasteiger partial charge in [0.2, 0.25) is 0 Å². The summed E-state index contributed by atoms with van der Waals surface area (Å²) < 4.78 is 18.4. The highest BCUT2D eigenvalue weighted by atomic mass is 127. The monoisotopic (exact) mass is 521 g/mol. The van der Waals surface area contributed by atoms with Gasteiger partial charge in [-0.15, -0.1) is 24.0 Å². The number of halogens is 2. The fourth-order valence-electron chi connectivity index (χ4n) is 2.39. The van der Waals surface area contributed by atoms with E-state index in [1.807, 2.05) is 23.8 Å². The Labute approximate surface area is 187 Å². The van der Waals surface area contributed by atoms with Crippen LogP contribution in [0.25, 0.3) is 0 Å². The van der Waals surface area contributed by atoms with Crippen molar-refractivity contribution in [1.29, 1.82) is 0 Å². The first-order valence-electron chi connectivity index (χ1n) is 9.17. The summed E-state index contributed by atoms with van der Waals surface area (Å²) in [6.45, 7) is 6.14. The number of aliphatic imine (C=N–C) groups is 1. The van der Waals surface area contributed by atoms with Crippen LogP contribution in [0.1, 0.15) is 32.3 Å². The Morgan fingerprint density at radius 1 is 1.21 bits per heavy atom. The number of aliphatic hydroxyl groups is 1. The van der Waals surface area contributed by atoms with Crippen LogP contribution in [-0.4, -0.2) is 37.3 Å². The normalized spacial score (nSPS) is 13.4. The van der Waals surface area contributed by atoms with Gasteiger partial charge < -0.3 is 20.5 Å². The van der Waals surface area contributed by atoms with E-state index < -0.39 is 5.60 Å². The zero-order valence-corrected chi connectivity index (χ0v) is 19.4. The first kappa shape index (κ1) is 24.6. The maximum absolute atomic E-state index is 12.8. The lowest BCUT2D eigenvalue weighted by Gasteiger charge is -2.21. The third-order valence-corrected chi connectivity index (χ3v) is 4.66. The van der Waals surface area contributed by atoms with E-state index in [1.54, 1.807) is 30.4 Å². The van der Waals surface area contributed by atoms with Crippen molar-refractivity contribution in [3.8, 4) is 5.75 Å². The molecule has 0 saturated heterocycles. The molecule has 0 aliphatic rings. The highest BCUT2D eigenvalue weighted by molar-refractivity contribution is 14.0. The summed E-state index contributed by atoms with van der Waals surface area (Å²) in [6.07, 6.45) is 1.78. The van der Waals surface area contributed by atoms with Gasteiger partial charge in [-0.25, -0.2) is 9.38 Å². The lowest BCUT2D eigenvalue weighted by Crippen LogP contribution is -2.39. The molecule has 3 N–H and O–H groups in total. The molecule has 0 aliphatic carbocycles. The van der Waals surface area contributed by atoms with Crippen LogP contribution in [0, 0.1) is 5.82 Å². The van der Waals surface area contributed by atoms with Crippen molar-refractivity contribution in [1.82, 2.24) is 10.6 Å². The Kier molecular flexibility index (Phi) is 11.4. The average Bonchev–Trinajstić information content (AvgIpc) is 3.20. The Morgan fingerprint density at radius 2 is 1.96 bits per heavy atom. The number of hydrogen-bond donors (Lipinski definition) is 3. The summed E-state index contributed by atoms with van der Waals surface area (Å²) in [5.74, 6) is 1.10. The molecule has 1 aromatic heterocycles. The fourth-order valence-corrected chi connectivity index (χ4v) is 3.17. The van der Waals surface area contributed by atoms with Gasteiger partial charge in [0.05, 0.1) is 13.2 Å². The zero-order valence-electron chi connectivity index (χ0n) is 16.3. The Balaban J connectivity index is 0.00000392. The van der Waals surface area contributed by atoms with Crippen LogP contribution < -0.4 is 15.4 Å². The van der Waals surface area contributed by atoms with Crippen LogP contribution in [0.2, 0.25) is 0 Å². The van der Waals surface area contributed by atoms with Crippen molar-refractivity contribution in [2.75, 3.05) is 26.2 Å². The topological polar surface area (TPSA) is 65.9 Å². The second-order valence-corrected chi connectivity index (χ2v) is 7.20. The minimum absolute atomic E-state index is 0. The number of unbranched alkanes of at least 4 members (excludes halogenated alkanes) is 1. The van der Waals surface area contributed by atoms with Gasteiger partial charge in [0.25, 0.3) is 0 Å². The summed E-state index contributed by atoms with van der Waals surface area (Å²) in [5.41, 5.74) is -0.101. The van der Waals surface area contributed by atoms with E-state index >= 15 is 0 Å². The molecule has 1 atom stereocenters. The minimum Gasteiger partial charge on any atom is -0.494 e. The zero-order chi connectivity index (χ0) is 19.5. The highest BCUT2D eigenvalue weighted by Crippen LogP contribution is 2.23. The third-order valence-electron chi connectivity index (χ3n) is 3.98. The number of hydrogen-bond acceptors (Lipinski definition) is 4. The summed E-state index contributed by atoms with van der Waals surface area (Å²) in [5, 5.41) is 20.9. The van der Waals surface area contributed by atoms with Crippen LogP contribution in [0.3, 0.4) is 0 Å². The number of rotatable bonds is 10.